The van der Waals surface area contributed by atoms with Crippen LogP contribution in [-0.2, 0) is 4.79 Å². The average Bonchev–Trinajstić information content (AvgIpc) is 3.05. The number of carbonyl (C=O) groups excluding carboxylic acids is 1. The lowest BCUT2D eigenvalue weighted by molar-refractivity contribution is -0.125. The largest absolute Gasteiger partial charge is 0.329 e. The molecule has 6 heteroatoms. The molecular formula is C15H21N5O. The summed E-state index contributed by atoms with van der Waals surface area (Å²) in [5, 5.41) is 7.00. The Morgan fingerprint density at radius 1 is 1.29 bits per heavy atom. The van der Waals surface area contributed by atoms with Crippen molar-refractivity contribution in [2.24, 2.45) is 11.1 Å². The maximum Gasteiger partial charge on any atom is 0.231 e. The van der Waals surface area contributed by atoms with E-state index in [9.17, 15) is 4.79 Å². The Morgan fingerprint density at radius 2 is 1.95 bits per heavy atom. The number of carbonyl (C=O) groups is 1. The second-order valence-corrected chi connectivity index (χ2v) is 5.03. The van der Waals surface area contributed by atoms with Crippen molar-refractivity contribution in [2.45, 2.75) is 26.7 Å². The zero-order chi connectivity index (χ0) is 15.3. The van der Waals surface area contributed by atoms with E-state index in [2.05, 4.69) is 15.4 Å². The van der Waals surface area contributed by atoms with Gasteiger partial charge in [-0.3, -0.25) is 4.79 Å². The molecule has 1 aromatic carbocycles. The molecule has 0 fully saturated rings. The number of aromatic nitrogens is 3. The van der Waals surface area contributed by atoms with Crippen LogP contribution in [0.15, 0.2) is 36.9 Å². The molecule has 112 valence electrons. The van der Waals surface area contributed by atoms with Gasteiger partial charge in [0, 0.05) is 12.2 Å². The third-order valence-electron chi connectivity index (χ3n) is 4.03. The molecule has 0 saturated heterocycles. The van der Waals surface area contributed by atoms with Crippen LogP contribution in [0.4, 0.5) is 5.69 Å². The third kappa shape index (κ3) is 3.11. The van der Waals surface area contributed by atoms with Crippen molar-refractivity contribution in [1.29, 1.82) is 0 Å². The zero-order valence-electron chi connectivity index (χ0n) is 12.4. The fourth-order valence-electron chi connectivity index (χ4n) is 2.26. The molecule has 0 bridgehead atoms. The van der Waals surface area contributed by atoms with Crippen LogP contribution in [0.1, 0.15) is 26.7 Å². The standard InChI is InChI=1S/C15H21N5O/c1-3-15(4-2,9-16)14(21)19-12-5-7-13(8-6-12)20-11-17-10-18-20/h5-8,10-11H,3-4,9,16H2,1-2H3,(H,19,21). The lowest BCUT2D eigenvalue weighted by atomic mass is 9.81. The molecule has 0 aliphatic carbocycles. The molecule has 3 N–H and O–H groups in total. The molecule has 21 heavy (non-hydrogen) atoms. The van der Waals surface area contributed by atoms with Gasteiger partial charge in [-0.25, -0.2) is 9.67 Å². The number of benzene rings is 1. The van der Waals surface area contributed by atoms with Crippen LogP contribution in [-0.4, -0.2) is 27.2 Å². The van der Waals surface area contributed by atoms with Crippen molar-refractivity contribution >= 4 is 11.6 Å². The van der Waals surface area contributed by atoms with Crippen LogP contribution in [0, 0.1) is 5.41 Å². The van der Waals surface area contributed by atoms with E-state index in [0.717, 1.165) is 24.2 Å². The number of anilines is 1. The molecule has 1 amide bonds. The smallest absolute Gasteiger partial charge is 0.231 e. The Hall–Kier alpha value is -2.21. The van der Waals surface area contributed by atoms with Gasteiger partial charge in [0.05, 0.1) is 11.1 Å². The number of hydrogen-bond donors (Lipinski definition) is 2. The SMILES string of the molecule is CCC(CC)(CN)C(=O)Nc1ccc(-n2cncn2)cc1. The summed E-state index contributed by atoms with van der Waals surface area (Å²) < 4.78 is 1.66. The number of rotatable bonds is 6. The zero-order valence-corrected chi connectivity index (χ0v) is 12.4. The molecule has 1 aromatic heterocycles. The minimum Gasteiger partial charge on any atom is -0.329 e. The van der Waals surface area contributed by atoms with Crippen molar-refractivity contribution in [3.05, 3.63) is 36.9 Å². The molecule has 0 atom stereocenters. The molecule has 0 unspecified atom stereocenters. The van der Waals surface area contributed by atoms with Gasteiger partial charge in [0.25, 0.3) is 0 Å². The predicted molar refractivity (Wildman–Crippen MR) is 82.1 cm³/mol. The van der Waals surface area contributed by atoms with Gasteiger partial charge in [-0.1, -0.05) is 13.8 Å². The molecule has 0 radical (unpaired) electrons. The molecular weight excluding hydrogens is 266 g/mol. The van der Waals surface area contributed by atoms with Crippen LogP contribution in [0.5, 0.6) is 0 Å². The number of nitrogens with zero attached hydrogens (tertiary/aromatic N) is 3. The van der Waals surface area contributed by atoms with E-state index in [4.69, 9.17) is 5.73 Å². The number of hydrogen-bond acceptors (Lipinski definition) is 4. The van der Waals surface area contributed by atoms with E-state index in [1.807, 2.05) is 38.1 Å². The fourth-order valence-corrected chi connectivity index (χ4v) is 2.26. The monoisotopic (exact) mass is 287 g/mol. The first kappa shape index (κ1) is 15.2. The van der Waals surface area contributed by atoms with Gasteiger partial charge in [-0.15, -0.1) is 0 Å². The average molecular weight is 287 g/mol. The first-order chi connectivity index (χ1) is 10.1. The van der Waals surface area contributed by atoms with Crippen molar-refractivity contribution < 1.29 is 4.79 Å². The summed E-state index contributed by atoms with van der Waals surface area (Å²) in [4.78, 5) is 16.3. The number of nitrogens with two attached hydrogens (primary N) is 1. The highest BCUT2D eigenvalue weighted by Gasteiger charge is 2.33. The van der Waals surface area contributed by atoms with Crippen LogP contribution in [0.25, 0.3) is 5.69 Å². The third-order valence-corrected chi connectivity index (χ3v) is 4.03. The van der Waals surface area contributed by atoms with Crippen LogP contribution < -0.4 is 11.1 Å². The molecule has 0 saturated carbocycles. The van der Waals surface area contributed by atoms with Crippen LogP contribution >= 0.6 is 0 Å². The van der Waals surface area contributed by atoms with E-state index in [-0.39, 0.29) is 5.91 Å². The summed E-state index contributed by atoms with van der Waals surface area (Å²) in [7, 11) is 0. The normalized spacial score (nSPS) is 11.4. The van der Waals surface area contributed by atoms with Gasteiger partial charge < -0.3 is 11.1 Å². The summed E-state index contributed by atoms with van der Waals surface area (Å²) in [5.74, 6) is -0.0245. The second kappa shape index (κ2) is 6.49. The minimum absolute atomic E-state index is 0.0245. The van der Waals surface area contributed by atoms with Crippen molar-refractivity contribution in [2.75, 3.05) is 11.9 Å². The molecule has 1 heterocycles. The Labute approximate surface area is 124 Å². The van der Waals surface area contributed by atoms with E-state index >= 15 is 0 Å². The lowest BCUT2D eigenvalue weighted by Gasteiger charge is -2.28. The van der Waals surface area contributed by atoms with Crippen LogP contribution in [0.3, 0.4) is 0 Å². The molecule has 6 nitrogen and oxygen atoms in total. The summed E-state index contributed by atoms with van der Waals surface area (Å²) in [6.45, 7) is 4.33. The topological polar surface area (TPSA) is 85.8 Å². The highest BCUT2D eigenvalue weighted by Crippen LogP contribution is 2.27. The first-order valence-electron chi connectivity index (χ1n) is 7.12. The van der Waals surface area contributed by atoms with Gasteiger partial charge >= 0.3 is 0 Å². The summed E-state index contributed by atoms with van der Waals surface area (Å²) in [6, 6.07) is 7.46. The molecule has 0 aliphatic heterocycles. The minimum atomic E-state index is -0.495. The highest BCUT2D eigenvalue weighted by atomic mass is 16.2. The summed E-state index contributed by atoms with van der Waals surface area (Å²) >= 11 is 0. The van der Waals surface area contributed by atoms with Gasteiger partial charge in [0.2, 0.25) is 5.91 Å². The van der Waals surface area contributed by atoms with Gasteiger partial charge in [0.1, 0.15) is 12.7 Å². The van der Waals surface area contributed by atoms with Gasteiger partial charge in [-0.2, -0.15) is 5.10 Å². The maximum absolute atomic E-state index is 12.4. The molecule has 2 rings (SSSR count). The Morgan fingerprint density at radius 3 is 2.43 bits per heavy atom. The fraction of sp³-hybridized carbons (Fsp3) is 0.400. The Kier molecular flexibility index (Phi) is 4.70. The number of amides is 1. The van der Waals surface area contributed by atoms with E-state index < -0.39 is 5.41 Å². The van der Waals surface area contributed by atoms with E-state index in [1.165, 1.54) is 6.33 Å². The Bertz CT molecular complexity index is 564. The predicted octanol–water partition coefficient (Wildman–Crippen LogP) is 1.97. The number of nitrogens with one attached hydrogen (secondary N) is 1. The maximum atomic E-state index is 12.4. The highest BCUT2D eigenvalue weighted by molar-refractivity contribution is 5.95. The quantitative estimate of drug-likeness (QED) is 0.850. The summed E-state index contributed by atoms with van der Waals surface area (Å²) in [5.41, 5.74) is 6.94. The van der Waals surface area contributed by atoms with Crippen LogP contribution in [0.2, 0.25) is 0 Å². The molecule has 0 spiro atoms. The van der Waals surface area contributed by atoms with E-state index in [1.54, 1.807) is 11.0 Å². The van der Waals surface area contributed by atoms with Gasteiger partial charge in [0.15, 0.2) is 0 Å². The van der Waals surface area contributed by atoms with Crippen molar-refractivity contribution in [1.82, 2.24) is 14.8 Å². The van der Waals surface area contributed by atoms with Gasteiger partial charge in [-0.05, 0) is 37.1 Å². The van der Waals surface area contributed by atoms with E-state index in [0.29, 0.717) is 6.54 Å². The second-order valence-electron chi connectivity index (χ2n) is 5.03. The lowest BCUT2D eigenvalue weighted by Crippen LogP contribution is -2.41. The van der Waals surface area contributed by atoms with Crippen molar-refractivity contribution in [3.63, 3.8) is 0 Å². The molecule has 0 aliphatic rings. The molecule has 2 aromatic rings. The first-order valence-corrected chi connectivity index (χ1v) is 7.12. The summed E-state index contributed by atoms with van der Waals surface area (Å²) in [6.07, 6.45) is 4.56. The van der Waals surface area contributed by atoms with Crippen molar-refractivity contribution in [3.8, 4) is 5.69 Å². The Balaban J connectivity index is 2.11.